The molecular weight excluding hydrogens is 390 g/mol. The zero-order valence-electron chi connectivity index (χ0n) is 15.5. The van der Waals surface area contributed by atoms with E-state index in [-0.39, 0.29) is 23.3 Å². The molecule has 0 radical (unpaired) electrons. The van der Waals surface area contributed by atoms with E-state index in [1.165, 1.54) is 18.2 Å². The van der Waals surface area contributed by atoms with Crippen molar-refractivity contribution in [1.29, 1.82) is 0 Å². The van der Waals surface area contributed by atoms with Crippen molar-refractivity contribution in [1.82, 2.24) is 0 Å². The van der Waals surface area contributed by atoms with E-state index in [9.17, 15) is 14.4 Å². The van der Waals surface area contributed by atoms with E-state index in [0.717, 1.165) is 16.0 Å². The van der Waals surface area contributed by atoms with Gasteiger partial charge in [0, 0.05) is 5.02 Å². The molecule has 6 heteroatoms. The number of aryl methyl sites for hydroxylation is 1. The summed E-state index contributed by atoms with van der Waals surface area (Å²) < 4.78 is 5.31. The van der Waals surface area contributed by atoms with Crippen LogP contribution in [0.4, 0.5) is 5.69 Å². The summed E-state index contributed by atoms with van der Waals surface area (Å²) in [7, 11) is 0. The number of amides is 2. The van der Waals surface area contributed by atoms with Gasteiger partial charge in [0.25, 0.3) is 11.8 Å². The molecule has 2 amide bonds. The molecule has 0 atom stereocenters. The number of ether oxygens (including phenoxy) is 1. The van der Waals surface area contributed by atoms with Crippen molar-refractivity contribution >= 4 is 35.1 Å². The zero-order chi connectivity index (χ0) is 20.5. The Labute approximate surface area is 172 Å². The first kappa shape index (κ1) is 18.9. The number of hydrogen-bond acceptors (Lipinski definition) is 4. The summed E-state index contributed by atoms with van der Waals surface area (Å²) in [5.41, 5.74) is 2.71. The minimum Gasteiger partial charge on any atom is -0.457 e. The molecule has 1 aliphatic rings. The molecule has 3 aromatic carbocycles. The van der Waals surface area contributed by atoms with Crippen LogP contribution in [0.5, 0.6) is 0 Å². The van der Waals surface area contributed by atoms with Gasteiger partial charge in [-0.05, 0) is 48.4 Å². The topological polar surface area (TPSA) is 63.7 Å². The monoisotopic (exact) mass is 405 g/mol. The van der Waals surface area contributed by atoms with Crippen LogP contribution in [-0.4, -0.2) is 17.8 Å². The van der Waals surface area contributed by atoms with Gasteiger partial charge in [-0.2, -0.15) is 0 Å². The Morgan fingerprint density at radius 1 is 0.931 bits per heavy atom. The van der Waals surface area contributed by atoms with Crippen LogP contribution in [0.1, 0.15) is 42.2 Å². The van der Waals surface area contributed by atoms with Gasteiger partial charge < -0.3 is 4.74 Å². The Bertz CT molecular complexity index is 1140. The summed E-state index contributed by atoms with van der Waals surface area (Å²) in [5, 5.41) is 0.462. The molecule has 29 heavy (non-hydrogen) atoms. The largest absolute Gasteiger partial charge is 0.457 e. The molecule has 3 aromatic rings. The first-order valence-electron chi connectivity index (χ1n) is 8.96. The highest BCUT2D eigenvalue weighted by atomic mass is 35.5. The first-order valence-corrected chi connectivity index (χ1v) is 9.33. The van der Waals surface area contributed by atoms with E-state index >= 15 is 0 Å². The quantitative estimate of drug-likeness (QED) is 0.461. The second-order valence-corrected chi connectivity index (χ2v) is 7.11. The smallest absolute Gasteiger partial charge is 0.338 e. The van der Waals surface area contributed by atoms with Crippen molar-refractivity contribution in [3.63, 3.8) is 0 Å². The lowest BCUT2D eigenvalue weighted by Gasteiger charge is -2.14. The number of nitrogens with zero attached hydrogens (tertiary/aromatic N) is 1. The molecule has 0 aromatic heterocycles. The maximum Gasteiger partial charge on any atom is 0.338 e. The van der Waals surface area contributed by atoms with E-state index in [1.807, 2.05) is 37.3 Å². The van der Waals surface area contributed by atoms with E-state index < -0.39 is 17.8 Å². The third-order valence-electron chi connectivity index (χ3n) is 4.75. The number of carbonyl (C=O) groups is 3. The molecule has 0 fully saturated rings. The lowest BCUT2D eigenvalue weighted by molar-refractivity contribution is 0.0472. The lowest BCUT2D eigenvalue weighted by atomic mass is 10.1. The molecule has 144 valence electrons. The number of esters is 1. The highest BCUT2D eigenvalue weighted by molar-refractivity contribution is 6.36. The van der Waals surface area contributed by atoms with Crippen molar-refractivity contribution in [3.05, 3.63) is 99.6 Å². The van der Waals surface area contributed by atoms with Gasteiger partial charge in [0.1, 0.15) is 6.61 Å². The third kappa shape index (κ3) is 3.52. The normalized spacial score (nSPS) is 12.8. The second-order valence-electron chi connectivity index (χ2n) is 6.70. The van der Waals surface area contributed by atoms with Crippen molar-refractivity contribution in [2.24, 2.45) is 0 Å². The van der Waals surface area contributed by atoms with E-state index in [0.29, 0.717) is 10.7 Å². The predicted octanol–water partition coefficient (Wildman–Crippen LogP) is 4.81. The average molecular weight is 406 g/mol. The van der Waals surface area contributed by atoms with E-state index in [4.69, 9.17) is 16.3 Å². The SMILES string of the molecule is Cc1ccc(N2C(=O)c3ccc(C(=O)OCc4ccccc4)cc3C2=O)cc1Cl. The molecule has 0 bridgehead atoms. The number of hydrogen-bond donors (Lipinski definition) is 0. The van der Waals surface area contributed by atoms with Crippen LogP contribution >= 0.6 is 11.6 Å². The van der Waals surface area contributed by atoms with Gasteiger partial charge in [-0.3, -0.25) is 9.59 Å². The molecule has 0 aliphatic carbocycles. The fourth-order valence-electron chi connectivity index (χ4n) is 3.13. The maximum atomic E-state index is 12.9. The summed E-state index contributed by atoms with van der Waals surface area (Å²) in [4.78, 5) is 39.1. The van der Waals surface area contributed by atoms with Gasteiger partial charge in [-0.25, -0.2) is 9.69 Å². The second kappa shape index (κ2) is 7.53. The standard InChI is InChI=1S/C23H16ClNO4/c1-14-7-9-17(12-20(14)24)25-21(26)18-10-8-16(11-19(18)22(25)27)23(28)29-13-15-5-3-2-4-6-15/h2-12H,13H2,1H3. The molecule has 0 unspecified atom stereocenters. The van der Waals surface area contributed by atoms with Crippen LogP contribution in [0.3, 0.4) is 0 Å². The molecule has 1 heterocycles. The van der Waals surface area contributed by atoms with Crippen LogP contribution in [0.15, 0.2) is 66.7 Å². The number of fused-ring (bicyclic) bond motifs is 1. The summed E-state index contributed by atoms with van der Waals surface area (Å²) in [6.45, 7) is 1.96. The van der Waals surface area contributed by atoms with Crippen LogP contribution in [0, 0.1) is 6.92 Å². The highest BCUT2D eigenvalue weighted by Gasteiger charge is 2.37. The van der Waals surface area contributed by atoms with Crippen molar-refractivity contribution in [2.75, 3.05) is 4.90 Å². The fraction of sp³-hybridized carbons (Fsp3) is 0.0870. The maximum absolute atomic E-state index is 12.9. The summed E-state index contributed by atoms with van der Waals surface area (Å²) >= 11 is 6.14. The fourth-order valence-corrected chi connectivity index (χ4v) is 3.30. The van der Waals surface area contributed by atoms with Gasteiger partial charge in [-0.15, -0.1) is 0 Å². The molecule has 5 nitrogen and oxygen atoms in total. The van der Waals surface area contributed by atoms with Crippen LogP contribution in [0.25, 0.3) is 0 Å². The van der Waals surface area contributed by atoms with Crippen molar-refractivity contribution < 1.29 is 19.1 Å². The van der Waals surface area contributed by atoms with Crippen LogP contribution in [0.2, 0.25) is 5.02 Å². The van der Waals surface area contributed by atoms with Crippen molar-refractivity contribution in [2.45, 2.75) is 13.5 Å². The highest BCUT2D eigenvalue weighted by Crippen LogP contribution is 2.31. The van der Waals surface area contributed by atoms with Gasteiger partial charge in [0.15, 0.2) is 0 Å². The molecule has 0 saturated heterocycles. The average Bonchev–Trinajstić information content (AvgIpc) is 2.99. The molecule has 0 N–H and O–H groups in total. The Morgan fingerprint density at radius 2 is 1.66 bits per heavy atom. The number of benzene rings is 3. The Morgan fingerprint density at radius 3 is 2.38 bits per heavy atom. The van der Waals surface area contributed by atoms with Gasteiger partial charge >= 0.3 is 5.97 Å². The number of anilines is 1. The number of halogens is 1. The molecule has 4 rings (SSSR count). The number of carbonyl (C=O) groups excluding carboxylic acids is 3. The zero-order valence-corrected chi connectivity index (χ0v) is 16.3. The first-order chi connectivity index (χ1) is 14.0. The Hall–Kier alpha value is -3.44. The van der Waals surface area contributed by atoms with Gasteiger partial charge in [-0.1, -0.05) is 48.0 Å². The predicted molar refractivity (Wildman–Crippen MR) is 109 cm³/mol. The lowest BCUT2D eigenvalue weighted by Crippen LogP contribution is -2.29. The minimum atomic E-state index is -0.561. The molecule has 1 aliphatic heterocycles. The Kier molecular flexibility index (Phi) is 4.91. The van der Waals surface area contributed by atoms with E-state index in [2.05, 4.69) is 0 Å². The molecular formula is C23H16ClNO4. The molecule has 0 spiro atoms. The van der Waals surface area contributed by atoms with Crippen LogP contribution in [-0.2, 0) is 11.3 Å². The third-order valence-corrected chi connectivity index (χ3v) is 5.16. The minimum absolute atomic E-state index is 0.123. The van der Waals surface area contributed by atoms with Gasteiger partial charge in [0.05, 0.1) is 22.4 Å². The van der Waals surface area contributed by atoms with Gasteiger partial charge in [0.2, 0.25) is 0 Å². The summed E-state index contributed by atoms with van der Waals surface area (Å²) in [5.74, 6) is -1.51. The summed E-state index contributed by atoms with van der Waals surface area (Å²) in [6.07, 6.45) is 0. The summed E-state index contributed by atoms with van der Waals surface area (Å²) in [6, 6.07) is 18.6. The molecule has 0 saturated carbocycles. The van der Waals surface area contributed by atoms with Crippen molar-refractivity contribution in [3.8, 4) is 0 Å². The van der Waals surface area contributed by atoms with E-state index in [1.54, 1.807) is 18.2 Å². The van der Waals surface area contributed by atoms with Crippen LogP contribution < -0.4 is 4.90 Å². The Balaban J connectivity index is 1.58. The number of imide groups is 1. The number of rotatable bonds is 4.